The van der Waals surface area contributed by atoms with Crippen LogP contribution in [0.1, 0.15) is 17.4 Å². The average molecular weight is 374 g/mol. The van der Waals surface area contributed by atoms with Gasteiger partial charge in [0.25, 0.3) is 0 Å². The first-order valence-corrected chi connectivity index (χ1v) is 8.68. The summed E-state index contributed by atoms with van der Waals surface area (Å²) in [6.07, 6.45) is -1.32. The molecule has 6 nitrogen and oxygen atoms in total. The van der Waals surface area contributed by atoms with Crippen molar-refractivity contribution in [2.75, 3.05) is 0 Å². The maximum Gasteiger partial charge on any atom is 0.344 e. The van der Waals surface area contributed by atoms with Gasteiger partial charge in [-0.3, -0.25) is 0 Å². The average Bonchev–Trinajstić information content (AvgIpc) is 2.68. The largest absolute Gasteiger partial charge is 0.460 e. The van der Waals surface area contributed by atoms with Gasteiger partial charge >= 0.3 is 11.3 Å². The Balaban J connectivity index is 1.77. The number of fused-ring (bicyclic) bond motifs is 4. The molecule has 0 bridgehead atoms. The third-order valence-electron chi connectivity index (χ3n) is 4.79. The highest BCUT2D eigenvalue weighted by molar-refractivity contribution is 5.82. The molecule has 1 unspecified atom stereocenters. The summed E-state index contributed by atoms with van der Waals surface area (Å²) in [7, 11) is 0. The number of ether oxygens (including phenoxy) is 1. The maximum absolute atomic E-state index is 12.7. The van der Waals surface area contributed by atoms with E-state index < -0.39 is 17.5 Å². The normalized spacial score (nSPS) is 15.0. The topological polar surface area (TPSA) is 89.9 Å². The van der Waals surface area contributed by atoms with Gasteiger partial charge in [-0.25, -0.2) is 9.59 Å². The van der Waals surface area contributed by atoms with Crippen molar-refractivity contribution in [3.05, 3.63) is 86.6 Å². The minimum atomic E-state index is -1.32. The molecule has 1 aliphatic heterocycles. The van der Waals surface area contributed by atoms with Crippen LogP contribution in [-0.2, 0) is 0 Å². The number of para-hydroxylation sites is 1. The number of aliphatic hydroxyl groups is 1. The molecule has 0 radical (unpaired) electrons. The summed E-state index contributed by atoms with van der Waals surface area (Å²) in [5, 5.41) is 11.1. The Labute approximate surface area is 158 Å². The zero-order valence-corrected chi connectivity index (χ0v) is 14.8. The fourth-order valence-electron chi connectivity index (χ4n) is 3.43. The minimum Gasteiger partial charge on any atom is -0.460 e. The van der Waals surface area contributed by atoms with Crippen LogP contribution in [0.5, 0.6) is 5.75 Å². The number of hydrogen-bond donors (Lipinski definition) is 1. The standard InChI is InChI=1S/C22H14O6/c1-11-6-7-18-15(8-11)19-16(22(25)27-18)10-14(21(24)28-19)13-9-12-4-2-3-5-17(12)26-20(13)23/h2-10,22,25H,1H3. The van der Waals surface area contributed by atoms with Crippen molar-refractivity contribution in [2.24, 2.45) is 0 Å². The predicted octanol–water partition coefficient (Wildman–Crippen LogP) is 3.77. The number of rotatable bonds is 1. The van der Waals surface area contributed by atoms with Gasteiger partial charge < -0.3 is 18.7 Å². The van der Waals surface area contributed by atoms with Gasteiger partial charge in [0.15, 0.2) is 5.76 Å². The van der Waals surface area contributed by atoms with Crippen molar-refractivity contribution in [3.63, 3.8) is 0 Å². The van der Waals surface area contributed by atoms with E-state index in [1.807, 2.05) is 19.1 Å². The van der Waals surface area contributed by atoms with E-state index in [9.17, 15) is 14.7 Å². The molecule has 0 amide bonds. The van der Waals surface area contributed by atoms with Gasteiger partial charge in [0.1, 0.15) is 11.3 Å². The van der Waals surface area contributed by atoms with Crippen molar-refractivity contribution in [1.82, 2.24) is 0 Å². The Bertz CT molecular complexity index is 1360. The molecule has 0 saturated carbocycles. The molecule has 0 saturated heterocycles. The number of aryl methyl sites for hydroxylation is 1. The minimum absolute atomic E-state index is 0.0111. The number of benzene rings is 2. The van der Waals surface area contributed by atoms with E-state index >= 15 is 0 Å². The lowest BCUT2D eigenvalue weighted by Crippen LogP contribution is -2.18. The maximum atomic E-state index is 12.7. The molecule has 2 aromatic carbocycles. The van der Waals surface area contributed by atoms with E-state index in [4.69, 9.17) is 13.6 Å². The predicted molar refractivity (Wildman–Crippen MR) is 102 cm³/mol. The van der Waals surface area contributed by atoms with E-state index in [1.165, 1.54) is 6.07 Å². The molecular formula is C22H14O6. The quantitative estimate of drug-likeness (QED) is 0.510. The van der Waals surface area contributed by atoms with Crippen LogP contribution in [0.25, 0.3) is 33.4 Å². The second kappa shape index (κ2) is 5.94. The molecule has 4 aromatic rings. The summed E-state index contributed by atoms with van der Waals surface area (Å²) >= 11 is 0. The summed E-state index contributed by atoms with van der Waals surface area (Å²) in [5.74, 6) is 0.656. The van der Waals surface area contributed by atoms with E-state index in [0.29, 0.717) is 22.3 Å². The SMILES string of the molecule is Cc1ccc2c(c1)-c1oc(=O)c(-c3cc4ccccc4oc3=O)cc1C(O)O2. The van der Waals surface area contributed by atoms with Crippen molar-refractivity contribution >= 4 is 11.0 Å². The second-order valence-corrected chi connectivity index (χ2v) is 6.69. The summed E-state index contributed by atoms with van der Waals surface area (Å²) < 4.78 is 16.4. The van der Waals surface area contributed by atoms with Crippen LogP contribution in [-0.4, -0.2) is 5.11 Å². The second-order valence-electron chi connectivity index (χ2n) is 6.69. The first-order valence-electron chi connectivity index (χ1n) is 8.68. The number of aliphatic hydroxyl groups excluding tert-OH is 1. The lowest BCUT2D eigenvalue weighted by molar-refractivity contribution is -0.0231. The Morgan fingerprint density at radius 1 is 0.857 bits per heavy atom. The van der Waals surface area contributed by atoms with Crippen molar-refractivity contribution in [1.29, 1.82) is 0 Å². The molecule has 0 fully saturated rings. The van der Waals surface area contributed by atoms with Gasteiger partial charge in [-0.1, -0.05) is 29.8 Å². The zero-order valence-electron chi connectivity index (χ0n) is 14.8. The fourth-order valence-corrected chi connectivity index (χ4v) is 3.43. The molecule has 1 aliphatic rings. The van der Waals surface area contributed by atoms with E-state index in [1.54, 1.807) is 36.4 Å². The Hall–Kier alpha value is -3.64. The summed E-state index contributed by atoms with van der Waals surface area (Å²) in [4.78, 5) is 25.1. The lowest BCUT2D eigenvalue weighted by Gasteiger charge is -2.24. The smallest absolute Gasteiger partial charge is 0.344 e. The highest BCUT2D eigenvalue weighted by Gasteiger charge is 2.29. The Kier molecular flexibility index (Phi) is 3.50. The molecule has 0 aliphatic carbocycles. The Morgan fingerprint density at radius 2 is 1.61 bits per heavy atom. The van der Waals surface area contributed by atoms with Crippen LogP contribution in [0.4, 0.5) is 0 Å². The summed E-state index contributed by atoms with van der Waals surface area (Å²) in [5.41, 5.74) is 0.957. The molecular weight excluding hydrogens is 360 g/mol. The molecule has 5 rings (SSSR count). The van der Waals surface area contributed by atoms with Gasteiger partial charge in [0.2, 0.25) is 6.29 Å². The molecule has 28 heavy (non-hydrogen) atoms. The molecule has 3 heterocycles. The third-order valence-corrected chi connectivity index (χ3v) is 4.79. The highest BCUT2D eigenvalue weighted by atomic mass is 16.6. The molecule has 0 spiro atoms. The third kappa shape index (κ3) is 2.46. The molecule has 1 N–H and O–H groups in total. The zero-order chi connectivity index (χ0) is 19.4. The van der Waals surface area contributed by atoms with Crippen molar-refractivity contribution < 1.29 is 18.7 Å². The Morgan fingerprint density at radius 3 is 2.46 bits per heavy atom. The lowest BCUT2D eigenvalue weighted by atomic mass is 9.98. The van der Waals surface area contributed by atoms with Crippen LogP contribution in [0, 0.1) is 6.92 Å². The summed E-state index contributed by atoms with van der Waals surface area (Å²) in [6.45, 7) is 1.90. The molecule has 138 valence electrons. The van der Waals surface area contributed by atoms with Crippen LogP contribution in [0.15, 0.2) is 73.0 Å². The number of hydrogen-bond acceptors (Lipinski definition) is 6. The molecule has 1 atom stereocenters. The van der Waals surface area contributed by atoms with Crippen molar-refractivity contribution in [3.8, 4) is 28.2 Å². The van der Waals surface area contributed by atoms with Crippen LogP contribution < -0.4 is 16.0 Å². The van der Waals surface area contributed by atoms with Gasteiger partial charge in [-0.05, 0) is 37.3 Å². The summed E-state index contributed by atoms with van der Waals surface area (Å²) in [6, 6.07) is 15.4. The van der Waals surface area contributed by atoms with Gasteiger partial charge in [0, 0.05) is 5.39 Å². The molecule has 2 aromatic heterocycles. The van der Waals surface area contributed by atoms with Crippen molar-refractivity contribution in [2.45, 2.75) is 13.2 Å². The van der Waals surface area contributed by atoms with Gasteiger partial charge in [-0.2, -0.15) is 0 Å². The van der Waals surface area contributed by atoms with E-state index in [-0.39, 0.29) is 22.5 Å². The van der Waals surface area contributed by atoms with Crippen LogP contribution in [0.3, 0.4) is 0 Å². The monoisotopic (exact) mass is 374 g/mol. The highest BCUT2D eigenvalue weighted by Crippen LogP contribution is 2.42. The first kappa shape index (κ1) is 16.5. The van der Waals surface area contributed by atoms with E-state index in [0.717, 1.165) is 5.56 Å². The van der Waals surface area contributed by atoms with E-state index in [2.05, 4.69) is 0 Å². The molecule has 6 heteroatoms. The first-order chi connectivity index (χ1) is 13.5. The van der Waals surface area contributed by atoms with Crippen LogP contribution in [0.2, 0.25) is 0 Å². The van der Waals surface area contributed by atoms with Gasteiger partial charge in [0.05, 0.1) is 22.3 Å². The fraction of sp³-hybridized carbons (Fsp3) is 0.0909. The van der Waals surface area contributed by atoms with Gasteiger partial charge in [-0.15, -0.1) is 0 Å². The van der Waals surface area contributed by atoms with Crippen LogP contribution >= 0.6 is 0 Å².